The second-order valence-corrected chi connectivity index (χ2v) is 7.56. The molecule has 0 spiro atoms. The van der Waals surface area contributed by atoms with Gasteiger partial charge in [-0.25, -0.2) is 4.68 Å². The van der Waals surface area contributed by atoms with E-state index in [9.17, 15) is 14.4 Å². The molecule has 9 nitrogen and oxygen atoms in total. The van der Waals surface area contributed by atoms with Crippen LogP contribution in [0.5, 0.6) is 0 Å². The average Bonchev–Trinajstić information content (AvgIpc) is 3.08. The number of aryl methyl sites for hydroxylation is 1. The van der Waals surface area contributed by atoms with Crippen molar-refractivity contribution in [2.45, 2.75) is 52.5 Å². The number of carbonyl (C=O) groups is 3. The first-order valence-corrected chi connectivity index (χ1v) is 10.1. The van der Waals surface area contributed by atoms with Crippen LogP contribution in [0.3, 0.4) is 0 Å². The van der Waals surface area contributed by atoms with E-state index in [-0.39, 0.29) is 23.9 Å². The van der Waals surface area contributed by atoms with E-state index in [0.29, 0.717) is 17.9 Å². The molecule has 0 saturated carbocycles. The molecule has 0 bridgehead atoms. The summed E-state index contributed by atoms with van der Waals surface area (Å²) in [5.74, 6) is -1.45. The number of hydrogen-bond donors (Lipinski definition) is 4. The van der Waals surface area contributed by atoms with Gasteiger partial charge in [-0.3, -0.25) is 19.7 Å². The highest BCUT2D eigenvalue weighted by atomic mass is 16.2. The Balaban J connectivity index is 1.69. The summed E-state index contributed by atoms with van der Waals surface area (Å²) in [5.41, 5.74) is 1.54. The zero-order valence-electron chi connectivity index (χ0n) is 17.6. The highest BCUT2D eigenvalue weighted by Gasteiger charge is 2.34. The maximum Gasteiger partial charge on any atom is 0.314 e. The summed E-state index contributed by atoms with van der Waals surface area (Å²) in [5, 5.41) is 15.8. The van der Waals surface area contributed by atoms with E-state index in [2.05, 4.69) is 26.4 Å². The van der Waals surface area contributed by atoms with Gasteiger partial charge in [0.15, 0.2) is 6.29 Å². The van der Waals surface area contributed by atoms with Crippen LogP contribution in [0.25, 0.3) is 0 Å². The standard InChI is InChI=1S/C21H28N6O3/c1-5-16-14(4)23-21(25-18(16)28)27-17(11-12(2)26-27)24-20(30)19(29)22-13(3)15-9-7-6-8-10-15/h6-11,13-14,16,21,23H,5H2,1-4H3,(H,22,29)(H,24,30)(H,25,28). The van der Waals surface area contributed by atoms with E-state index in [1.54, 1.807) is 13.0 Å². The van der Waals surface area contributed by atoms with Crippen LogP contribution < -0.4 is 21.3 Å². The topological polar surface area (TPSA) is 117 Å². The predicted molar refractivity (Wildman–Crippen MR) is 112 cm³/mol. The van der Waals surface area contributed by atoms with E-state index >= 15 is 0 Å². The van der Waals surface area contributed by atoms with Crippen LogP contribution in [-0.2, 0) is 14.4 Å². The van der Waals surface area contributed by atoms with Gasteiger partial charge in [0.1, 0.15) is 5.82 Å². The van der Waals surface area contributed by atoms with Gasteiger partial charge in [0.25, 0.3) is 0 Å². The summed E-state index contributed by atoms with van der Waals surface area (Å²) in [7, 11) is 0. The molecule has 0 aliphatic carbocycles. The largest absolute Gasteiger partial charge is 0.341 e. The number of nitrogens with zero attached hydrogens (tertiary/aromatic N) is 2. The van der Waals surface area contributed by atoms with Crippen LogP contribution in [0.2, 0.25) is 0 Å². The summed E-state index contributed by atoms with van der Waals surface area (Å²) in [6, 6.07) is 10.7. The average molecular weight is 412 g/mol. The number of carbonyl (C=O) groups excluding carboxylic acids is 3. The molecule has 0 radical (unpaired) electrons. The van der Waals surface area contributed by atoms with Crippen LogP contribution >= 0.6 is 0 Å². The van der Waals surface area contributed by atoms with Gasteiger partial charge >= 0.3 is 11.8 Å². The van der Waals surface area contributed by atoms with Crippen LogP contribution in [-0.4, -0.2) is 33.5 Å². The number of amides is 3. The molecule has 4 atom stereocenters. The van der Waals surface area contributed by atoms with Gasteiger partial charge < -0.3 is 16.0 Å². The first-order chi connectivity index (χ1) is 14.3. The Morgan fingerprint density at radius 1 is 1.23 bits per heavy atom. The summed E-state index contributed by atoms with van der Waals surface area (Å²) in [6.07, 6.45) is 0.0967. The molecule has 2 aromatic rings. The minimum absolute atomic E-state index is 0.0585. The minimum Gasteiger partial charge on any atom is -0.341 e. The minimum atomic E-state index is -0.805. The number of anilines is 1. The third-order valence-corrected chi connectivity index (χ3v) is 5.28. The summed E-state index contributed by atoms with van der Waals surface area (Å²) in [4.78, 5) is 37.2. The Kier molecular flexibility index (Phi) is 6.51. The molecule has 1 fully saturated rings. The summed E-state index contributed by atoms with van der Waals surface area (Å²) in [6.45, 7) is 7.48. The van der Waals surface area contributed by atoms with Crippen LogP contribution in [0, 0.1) is 12.8 Å². The molecule has 1 saturated heterocycles. The summed E-state index contributed by atoms with van der Waals surface area (Å²) >= 11 is 0. The van der Waals surface area contributed by atoms with Gasteiger partial charge in [-0.2, -0.15) is 5.10 Å². The Hall–Kier alpha value is -3.20. The van der Waals surface area contributed by atoms with Crippen molar-refractivity contribution in [1.82, 2.24) is 25.7 Å². The monoisotopic (exact) mass is 412 g/mol. The maximum absolute atomic E-state index is 12.5. The smallest absolute Gasteiger partial charge is 0.314 e. The normalized spacial score (nSPS) is 22.1. The fourth-order valence-corrected chi connectivity index (χ4v) is 3.61. The third kappa shape index (κ3) is 4.68. The fourth-order valence-electron chi connectivity index (χ4n) is 3.61. The number of hydrogen-bond acceptors (Lipinski definition) is 5. The quantitative estimate of drug-likeness (QED) is 0.557. The molecular formula is C21H28N6O3. The number of rotatable bonds is 5. The molecule has 3 rings (SSSR count). The molecule has 4 unspecified atom stereocenters. The van der Waals surface area contributed by atoms with Gasteiger partial charge in [0.05, 0.1) is 17.7 Å². The van der Waals surface area contributed by atoms with Crippen molar-refractivity contribution in [2.24, 2.45) is 5.92 Å². The number of benzene rings is 1. The highest BCUT2D eigenvalue weighted by molar-refractivity contribution is 6.39. The fraction of sp³-hybridized carbons (Fsp3) is 0.429. The van der Waals surface area contributed by atoms with Gasteiger partial charge in [-0.05, 0) is 32.8 Å². The lowest BCUT2D eigenvalue weighted by atomic mass is 9.95. The van der Waals surface area contributed by atoms with E-state index in [1.807, 2.05) is 51.1 Å². The van der Waals surface area contributed by atoms with E-state index in [0.717, 1.165) is 5.56 Å². The van der Waals surface area contributed by atoms with Crippen LogP contribution in [0.15, 0.2) is 36.4 Å². The van der Waals surface area contributed by atoms with Crippen LogP contribution in [0.1, 0.15) is 50.8 Å². The van der Waals surface area contributed by atoms with Crippen molar-refractivity contribution in [2.75, 3.05) is 5.32 Å². The first-order valence-electron chi connectivity index (χ1n) is 10.1. The molecule has 9 heteroatoms. The van der Waals surface area contributed by atoms with Gasteiger partial charge in [0, 0.05) is 12.1 Å². The maximum atomic E-state index is 12.5. The zero-order chi connectivity index (χ0) is 21.8. The van der Waals surface area contributed by atoms with Gasteiger partial charge in [-0.1, -0.05) is 37.3 Å². The molecule has 2 heterocycles. The SMILES string of the molecule is CCC1C(=O)NC(n2nc(C)cc2NC(=O)C(=O)NC(C)c2ccccc2)NC1C. The lowest BCUT2D eigenvalue weighted by Gasteiger charge is -2.35. The van der Waals surface area contributed by atoms with Crippen molar-refractivity contribution < 1.29 is 14.4 Å². The number of aromatic nitrogens is 2. The van der Waals surface area contributed by atoms with Crippen molar-refractivity contribution in [1.29, 1.82) is 0 Å². The Labute approximate surface area is 175 Å². The summed E-state index contributed by atoms with van der Waals surface area (Å²) < 4.78 is 1.47. The lowest BCUT2D eigenvalue weighted by Crippen LogP contribution is -2.57. The molecule has 1 aromatic heterocycles. The number of nitrogens with one attached hydrogen (secondary N) is 4. The molecule has 160 valence electrons. The highest BCUT2D eigenvalue weighted by Crippen LogP contribution is 2.21. The van der Waals surface area contributed by atoms with Crippen molar-refractivity contribution >= 4 is 23.5 Å². The van der Waals surface area contributed by atoms with Gasteiger partial charge in [0.2, 0.25) is 5.91 Å². The van der Waals surface area contributed by atoms with Crippen LogP contribution in [0.4, 0.5) is 5.82 Å². The molecule has 30 heavy (non-hydrogen) atoms. The van der Waals surface area contributed by atoms with E-state index in [1.165, 1.54) is 4.68 Å². The zero-order valence-corrected chi connectivity index (χ0v) is 17.6. The Morgan fingerprint density at radius 2 is 1.93 bits per heavy atom. The van der Waals surface area contributed by atoms with Crippen molar-refractivity contribution in [3.05, 3.63) is 47.7 Å². The molecule has 4 N–H and O–H groups in total. The Bertz CT molecular complexity index is 926. The molecule has 1 aliphatic rings. The predicted octanol–water partition coefficient (Wildman–Crippen LogP) is 1.60. The van der Waals surface area contributed by atoms with Crippen molar-refractivity contribution in [3.63, 3.8) is 0 Å². The van der Waals surface area contributed by atoms with Crippen molar-refractivity contribution in [3.8, 4) is 0 Å². The second-order valence-electron chi connectivity index (χ2n) is 7.56. The molecule has 1 aromatic carbocycles. The molecule has 3 amide bonds. The first kappa shape index (κ1) is 21.5. The Morgan fingerprint density at radius 3 is 2.57 bits per heavy atom. The molecular weight excluding hydrogens is 384 g/mol. The lowest BCUT2D eigenvalue weighted by molar-refractivity contribution is -0.136. The van der Waals surface area contributed by atoms with E-state index in [4.69, 9.17) is 0 Å². The third-order valence-electron chi connectivity index (χ3n) is 5.28. The molecule has 1 aliphatic heterocycles. The second kappa shape index (κ2) is 9.08. The van der Waals surface area contributed by atoms with Gasteiger partial charge in [-0.15, -0.1) is 0 Å². The van der Waals surface area contributed by atoms with E-state index < -0.39 is 18.1 Å².